The van der Waals surface area contributed by atoms with Crippen molar-refractivity contribution in [3.8, 4) is 11.5 Å². The molecular weight excluding hydrogens is 566 g/mol. The summed E-state index contributed by atoms with van der Waals surface area (Å²) in [6, 6.07) is 4.45. The zero-order valence-corrected chi connectivity index (χ0v) is 23.6. The van der Waals surface area contributed by atoms with Gasteiger partial charge in [0, 0.05) is 68.2 Å². The van der Waals surface area contributed by atoms with Gasteiger partial charge in [-0.15, -0.1) is 36.6 Å². The molecule has 1 amide bonds. The molecule has 14 heteroatoms. The minimum Gasteiger partial charge on any atom is -0.497 e. The number of rotatable bonds is 5. The summed E-state index contributed by atoms with van der Waals surface area (Å²) in [7, 11) is 2.91. The molecule has 0 aliphatic carbocycles. The number of thioether (sulfide) groups is 1. The molecule has 1 N–H and O–H groups in total. The van der Waals surface area contributed by atoms with Crippen molar-refractivity contribution in [2.45, 2.75) is 24.7 Å². The molecule has 2 atom stereocenters. The van der Waals surface area contributed by atoms with Crippen molar-refractivity contribution < 1.29 is 27.4 Å². The maximum Gasteiger partial charge on any atom is 0.433 e. The molecule has 1 aromatic heterocycles. The third-order valence-electron chi connectivity index (χ3n) is 7.22. The van der Waals surface area contributed by atoms with Crippen LogP contribution in [0.5, 0.6) is 11.5 Å². The molecule has 0 unspecified atom stereocenters. The third kappa shape index (κ3) is 6.14. The second-order valence-corrected chi connectivity index (χ2v) is 10.3. The lowest BCUT2D eigenvalue weighted by Gasteiger charge is -2.39. The Morgan fingerprint density at radius 1 is 1.08 bits per heavy atom. The number of hydrogen-bond donors (Lipinski definition) is 1. The highest BCUT2D eigenvalue weighted by atomic mass is 35.5. The fourth-order valence-corrected chi connectivity index (χ4v) is 6.21. The van der Waals surface area contributed by atoms with Crippen LogP contribution in [0.15, 0.2) is 18.2 Å². The van der Waals surface area contributed by atoms with Crippen LogP contribution >= 0.6 is 36.6 Å². The highest BCUT2D eigenvalue weighted by Gasteiger charge is 2.38. The van der Waals surface area contributed by atoms with Gasteiger partial charge in [0.2, 0.25) is 5.91 Å². The Labute approximate surface area is 236 Å². The Bertz CT molecular complexity index is 1130. The molecule has 2 aromatic rings. The maximum absolute atomic E-state index is 13.7. The molecule has 3 aliphatic rings. The number of alkyl halides is 3. The van der Waals surface area contributed by atoms with Gasteiger partial charge in [-0.05, 0) is 18.6 Å². The number of aromatic nitrogens is 1. The largest absolute Gasteiger partial charge is 0.497 e. The van der Waals surface area contributed by atoms with E-state index in [2.05, 4.69) is 15.2 Å². The lowest BCUT2D eigenvalue weighted by Crippen LogP contribution is -2.51. The van der Waals surface area contributed by atoms with Crippen LogP contribution in [0.1, 0.15) is 12.1 Å². The number of hydrogen-bond acceptors (Lipinski definition) is 8. The zero-order valence-electron chi connectivity index (χ0n) is 21.1. The van der Waals surface area contributed by atoms with Crippen molar-refractivity contribution in [3.05, 3.63) is 23.9 Å². The first-order chi connectivity index (χ1) is 17.3. The summed E-state index contributed by atoms with van der Waals surface area (Å²) >= 11 is 1.77. The molecule has 0 bridgehead atoms. The number of anilines is 1. The number of fused-ring (bicyclic) bond motifs is 1. The Morgan fingerprint density at radius 3 is 2.42 bits per heavy atom. The monoisotopic (exact) mass is 597 g/mol. The number of piperazine rings is 1. The lowest BCUT2D eigenvalue weighted by molar-refractivity contribution is -0.141. The number of amides is 1. The van der Waals surface area contributed by atoms with Crippen LogP contribution in [0.3, 0.4) is 0 Å². The van der Waals surface area contributed by atoms with Gasteiger partial charge in [0.1, 0.15) is 22.7 Å². The molecule has 0 saturated carbocycles. The number of halogens is 5. The van der Waals surface area contributed by atoms with Crippen molar-refractivity contribution >= 4 is 59.1 Å². The zero-order chi connectivity index (χ0) is 25.4. The van der Waals surface area contributed by atoms with Crippen LogP contribution < -0.4 is 19.7 Å². The quantitative estimate of drug-likeness (QED) is 0.562. The van der Waals surface area contributed by atoms with Gasteiger partial charge in [-0.2, -0.15) is 13.2 Å². The molecule has 4 heterocycles. The fourth-order valence-electron chi connectivity index (χ4n) is 5.25. The number of carbonyl (C=O) groups is 1. The van der Waals surface area contributed by atoms with Gasteiger partial charge in [0.25, 0.3) is 0 Å². The van der Waals surface area contributed by atoms with E-state index in [9.17, 15) is 18.0 Å². The van der Waals surface area contributed by atoms with E-state index in [1.165, 1.54) is 14.2 Å². The van der Waals surface area contributed by atoms with E-state index in [4.69, 9.17) is 9.47 Å². The van der Waals surface area contributed by atoms with Crippen LogP contribution in [0.2, 0.25) is 0 Å². The molecule has 38 heavy (non-hydrogen) atoms. The number of ether oxygens (including phenoxy) is 2. The molecule has 3 saturated heterocycles. The van der Waals surface area contributed by atoms with E-state index in [1.807, 2.05) is 9.80 Å². The first-order valence-corrected chi connectivity index (χ1v) is 13.2. The van der Waals surface area contributed by atoms with E-state index < -0.39 is 11.9 Å². The van der Waals surface area contributed by atoms with Gasteiger partial charge in [-0.25, -0.2) is 4.98 Å². The predicted molar refractivity (Wildman–Crippen MR) is 147 cm³/mol. The minimum absolute atomic E-state index is 0. The Hall–Kier alpha value is -1.86. The van der Waals surface area contributed by atoms with Crippen LogP contribution in [0, 0.1) is 0 Å². The molecule has 5 rings (SSSR count). The molecule has 0 radical (unpaired) electrons. The standard InChI is InChI=1S/C24H30F3N5O3S.2ClH/c1-34-16-10-17-19(12-21(24(25,26)27)29-22(17)20(11-16)35-2)31-5-3-30(4-6-31)15-9-18(28-13-15)23(33)32-7-8-36-14-32;;/h10-12,15,18,28H,3-9,13-14H2,1-2H3;2*1H/t15-,18-;;/m0../s1. The molecule has 1 aromatic carbocycles. The summed E-state index contributed by atoms with van der Waals surface area (Å²) in [6.45, 7) is 4.06. The van der Waals surface area contributed by atoms with Crippen molar-refractivity contribution in [3.63, 3.8) is 0 Å². The van der Waals surface area contributed by atoms with Crippen molar-refractivity contribution in [2.75, 3.05) is 70.0 Å². The van der Waals surface area contributed by atoms with Crippen LogP contribution in [-0.2, 0) is 11.0 Å². The molecule has 8 nitrogen and oxygen atoms in total. The smallest absolute Gasteiger partial charge is 0.433 e. The van der Waals surface area contributed by atoms with Gasteiger partial charge < -0.3 is 24.6 Å². The average molecular weight is 599 g/mol. The third-order valence-corrected chi connectivity index (χ3v) is 8.18. The van der Waals surface area contributed by atoms with E-state index in [0.717, 1.165) is 37.2 Å². The first kappa shape index (κ1) is 30.7. The Balaban J connectivity index is 0.00000200. The highest BCUT2D eigenvalue weighted by molar-refractivity contribution is 7.99. The highest BCUT2D eigenvalue weighted by Crippen LogP contribution is 2.40. The molecule has 3 aliphatic heterocycles. The SMILES string of the molecule is COc1cc(OC)c2nc(C(F)(F)F)cc(N3CCN([C@@H]4CN[C@H](C(=O)N5CCSC5)C4)CC3)c2c1.Cl.Cl. The minimum atomic E-state index is -4.58. The van der Waals surface area contributed by atoms with Gasteiger partial charge in [0.15, 0.2) is 0 Å². The summed E-state index contributed by atoms with van der Waals surface area (Å²) in [6.07, 6.45) is -3.83. The van der Waals surface area contributed by atoms with E-state index in [1.54, 1.807) is 23.9 Å². The summed E-state index contributed by atoms with van der Waals surface area (Å²) in [4.78, 5) is 22.9. The van der Waals surface area contributed by atoms with Crippen molar-refractivity contribution in [1.29, 1.82) is 0 Å². The number of carbonyl (C=O) groups excluding carboxylic acids is 1. The van der Waals surface area contributed by atoms with Crippen LogP contribution in [0.4, 0.5) is 18.9 Å². The normalized spacial score (nSPS) is 22.2. The van der Waals surface area contributed by atoms with Gasteiger partial charge in [0.05, 0.1) is 26.1 Å². The first-order valence-electron chi connectivity index (χ1n) is 12.0. The topological polar surface area (TPSA) is 70.2 Å². The van der Waals surface area contributed by atoms with Crippen LogP contribution in [-0.4, -0.2) is 97.9 Å². The lowest BCUT2D eigenvalue weighted by atomic mass is 10.1. The van der Waals surface area contributed by atoms with Gasteiger partial charge in [-0.1, -0.05) is 0 Å². The number of benzene rings is 1. The number of methoxy groups -OCH3 is 2. The van der Waals surface area contributed by atoms with Crippen molar-refractivity contribution in [1.82, 2.24) is 20.1 Å². The summed E-state index contributed by atoms with van der Waals surface area (Å²) in [5, 5.41) is 3.94. The maximum atomic E-state index is 13.7. The second kappa shape index (κ2) is 12.5. The Morgan fingerprint density at radius 2 is 1.82 bits per heavy atom. The van der Waals surface area contributed by atoms with Crippen molar-refractivity contribution in [2.24, 2.45) is 0 Å². The molecular formula is C24H32Cl2F3N5O3S. The second-order valence-electron chi connectivity index (χ2n) is 9.26. The van der Waals surface area contributed by atoms with Crippen LogP contribution in [0.25, 0.3) is 10.9 Å². The molecule has 0 spiro atoms. The number of nitrogens with zero attached hydrogens (tertiary/aromatic N) is 4. The number of nitrogens with one attached hydrogen (secondary N) is 1. The number of pyridine rings is 1. The predicted octanol–water partition coefficient (Wildman–Crippen LogP) is 3.50. The van der Waals surface area contributed by atoms with Gasteiger partial charge in [-0.3, -0.25) is 9.69 Å². The molecule has 212 valence electrons. The van der Waals surface area contributed by atoms with E-state index >= 15 is 0 Å². The Kier molecular flexibility index (Phi) is 10.1. The summed E-state index contributed by atoms with van der Waals surface area (Å²) in [5.41, 5.74) is -0.322. The molecule has 3 fully saturated rings. The average Bonchev–Trinajstić information content (AvgIpc) is 3.59. The fraction of sp³-hybridized carbons (Fsp3) is 0.583. The van der Waals surface area contributed by atoms with E-state index in [0.29, 0.717) is 43.0 Å². The summed E-state index contributed by atoms with van der Waals surface area (Å²) in [5.74, 6) is 2.65. The van der Waals surface area contributed by atoms with Gasteiger partial charge >= 0.3 is 6.18 Å². The van der Waals surface area contributed by atoms with E-state index in [-0.39, 0.29) is 54.1 Å². The summed E-state index contributed by atoms with van der Waals surface area (Å²) < 4.78 is 51.9.